The summed E-state index contributed by atoms with van der Waals surface area (Å²) in [5.74, 6) is 0.0997. The first-order valence-corrected chi connectivity index (χ1v) is 14.3. The lowest BCUT2D eigenvalue weighted by atomic mass is 9.77. The second kappa shape index (κ2) is 11.0. The van der Waals surface area contributed by atoms with Crippen LogP contribution in [0.1, 0.15) is 82.8 Å². The Labute approximate surface area is 231 Å². The Balaban J connectivity index is 1.24. The van der Waals surface area contributed by atoms with E-state index in [0.29, 0.717) is 31.3 Å². The van der Waals surface area contributed by atoms with Crippen LogP contribution in [-0.2, 0) is 20.7 Å². The third kappa shape index (κ3) is 6.13. The summed E-state index contributed by atoms with van der Waals surface area (Å²) in [5.41, 5.74) is 5.12. The van der Waals surface area contributed by atoms with Crippen molar-refractivity contribution in [3.8, 4) is 11.1 Å². The van der Waals surface area contributed by atoms with Crippen molar-refractivity contribution >= 4 is 23.7 Å². The third-order valence-corrected chi connectivity index (χ3v) is 8.43. The molecule has 1 aliphatic carbocycles. The summed E-state index contributed by atoms with van der Waals surface area (Å²) in [7, 11) is 0. The molecule has 208 valence electrons. The molecule has 5 rings (SSSR count). The van der Waals surface area contributed by atoms with Gasteiger partial charge < -0.3 is 14.7 Å². The number of rotatable bonds is 5. The van der Waals surface area contributed by atoms with E-state index in [-0.39, 0.29) is 12.3 Å². The number of nitrogens with zero attached hydrogens (tertiary/aromatic N) is 2. The number of anilines is 1. The average Bonchev–Trinajstić information content (AvgIpc) is 3.55. The zero-order valence-corrected chi connectivity index (χ0v) is 23.3. The van der Waals surface area contributed by atoms with Gasteiger partial charge in [-0.1, -0.05) is 30.3 Å². The number of carboxylic acids is 1. The van der Waals surface area contributed by atoms with E-state index in [0.717, 1.165) is 60.9 Å². The molecular formula is C32H40N2O5. The number of hydrogen-bond donors (Lipinski definition) is 1. The Bertz CT molecular complexity index is 1220. The lowest BCUT2D eigenvalue weighted by Gasteiger charge is -2.30. The summed E-state index contributed by atoms with van der Waals surface area (Å²) in [6.07, 6.45) is 6.19. The van der Waals surface area contributed by atoms with Crippen molar-refractivity contribution in [1.82, 2.24) is 4.90 Å². The first kappa shape index (κ1) is 27.2. The molecule has 2 aliphatic heterocycles. The third-order valence-electron chi connectivity index (χ3n) is 8.43. The van der Waals surface area contributed by atoms with Gasteiger partial charge in [0.2, 0.25) is 5.91 Å². The van der Waals surface area contributed by atoms with Gasteiger partial charge in [-0.3, -0.25) is 14.5 Å². The van der Waals surface area contributed by atoms with E-state index in [2.05, 4.69) is 36.4 Å². The lowest BCUT2D eigenvalue weighted by molar-refractivity contribution is -0.138. The van der Waals surface area contributed by atoms with Gasteiger partial charge in [0.05, 0.1) is 0 Å². The molecule has 0 aromatic heterocycles. The van der Waals surface area contributed by atoms with Gasteiger partial charge in [-0.05, 0) is 112 Å². The molecule has 0 radical (unpaired) electrons. The molecule has 2 aromatic rings. The number of aliphatic carboxylic acids is 1. The van der Waals surface area contributed by atoms with Crippen molar-refractivity contribution in [2.24, 2.45) is 5.92 Å². The molecule has 3 aliphatic rings. The average molecular weight is 533 g/mol. The molecule has 2 fully saturated rings. The highest BCUT2D eigenvalue weighted by molar-refractivity contribution is 6.00. The van der Waals surface area contributed by atoms with Crippen LogP contribution in [-0.4, -0.2) is 52.7 Å². The molecule has 0 spiro atoms. The molecule has 1 saturated heterocycles. The summed E-state index contributed by atoms with van der Waals surface area (Å²) >= 11 is 0. The molecule has 7 heteroatoms. The molecule has 1 N–H and O–H groups in total. The van der Waals surface area contributed by atoms with Crippen molar-refractivity contribution in [3.63, 3.8) is 0 Å². The largest absolute Gasteiger partial charge is 0.481 e. The number of amides is 2. The van der Waals surface area contributed by atoms with E-state index in [1.54, 1.807) is 4.90 Å². The van der Waals surface area contributed by atoms with E-state index in [1.807, 2.05) is 31.7 Å². The molecule has 0 bridgehead atoms. The van der Waals surface area contributed by atoms with E-state index < -0.39 is 23.7 Å². The predicted octanol–water partition coefficient (Wildman–Crippen LogP) is 6.39. The zero-order chi connectivity index (χ0) is 27.7. The topological polar surface area (TPSA) is 87.2 Å². The van der Waals surface area contributed by atoms with Gasteiger partial charge in [0.25, 0.3) is 0 Å². The smallest absolute Gasteiger partial charge is 0.410 e. The Morgan fingerprint density at radius 2 is 1.62 bits per heavy atom. The highest BCUT2D eigenvalue weighted by Crippen LogP contribution is 2.39. The van der Waals surface area contributed by atoms with Gasteiger partial charge in [-0.2, -0.15) is 0 Å². The van der Waals surface area contributed by atoms with Crippen LogP contribution in [0.4, 0.5) is 10.5 Å². The number of hydrogen-bond acceptors (Lipinski definition) is 4. The minimum atomic E-state index is -0.689. The summed E-state index contributed by atoms with van der Waals surface area (Å²) in [6, 6.07) is 14.6. The molecule has 7 nitrogen and oxygen atoms in total. The molecule has 2 aromatic carbocycles. The highest BCUT2D eigenvalue weighted by Gasteiger charge is 2.40. The Morgan fingerprint density at radius 1 is 0.923 bits per heavy atom. The second-order valence-electron chi connectivity index (χ2n) is 12.4. The van der Waals surface area contributed by atoms with Crippen LogP contribution < -0.4 is 4.90 Å². The molecule has 1 saturated carbocycles. The van der Waals surface area contributed by atoms with E-state index in [1.165, 1.54) is 5.56 Å². The van der Waals surface area contributed by atoms with Gasteiger partial charge in [-0.15, -0.1) is 0 Å². The van der Waals surface area contributed by atoms with Crippen LogP contribution >= 0.6 is 0 Å². The summed E-state index contributed by atoms with van der Waals surface area (Å²) in [6.45, 7) is 6.70. The van der Waals surface area contributed by atoms with Gasteiger partial charge in [0.15, 0.2) is 0 Å². The van der Waals surface area contributed by atoms with Gasteiger partial charge in [0, 0.05) is 25.2 Å². The van der Waals surface area contributed by atoms with Crippen molar-refractivity contribution < 1.29 is 24.2 Å². The fraction of sp³-hybridized carbons (Fsp3) is 0.531. The van der Waals surface area contributed by atoms with Crippen molar-refractivity contribution in [1.29, 1.82) is 0 Å². The number of fused-ring (bicyclic) bond motifs is 1. The minimum Gasteiger partial charge on any atom is -0.481 e. The number of likely N-dealkylation sites (tertiary alicyclic amines) is 1. The predicted molar refractivity (Wildman–Crippen MR) is 151 cm³/mol. The summed E-state index contributed by atoms with van der Waals surface area (Å²) in [5, 5.41) is 9.06. The first-order valence-electron chi connectivity index (χ1n) is 14.3. The SMILES string of the molecule is CC(C)(C)OC(=O)N1CCC[C@H]1C(=O)N1CCc2cc(-c3ccc([C@H]4CC[C@H](CC(=O)O)CC4)cc3)ccc21. The fourth-order valence-electron chi connectivity index (χ4n) is 6.45. The molecule has 39 heavy (non-hydrogen) atoms. The Kier molecular flexibility index (Phi) is 7.70. The zero-order valence-electron chi connectivity index (χ0n) is 23.3. The van der Waals surface area contributed by atoms with E-state index in [9.17, 15) is 14.4 Å². The van der Waals surface area contributed by atoms with Crippen LogP contribution in [0.25, 0.3) is 11.1 Å². The van der Waals surface area contributed by atoms with Crippen molar-refractivity contribution in [2.75, 3.05) is 18.0 Å². The van der Waals surface area contributed by atoms with Crippen LogP contribution in [0.15, 0.2) is 42.5 Å². The Hall–Kier alpha value is -3.35. The fourth-order valence-corrected chi connectivity index (χ4v) is 6.45. The summed E-state index contributed by atoms with van der Waals surface area (Å²) < 4.78 is 5.56. The summed E-state index contributed by atoms with van der Waals surface area (Å²) in [4.78, 5) is 40.7. The maximum Gasteiger partial charge on any atom is 0.410 e. The van der Waals surface area contributed by atoms with Gasteiger partial charge in [0.1, 0.15) is 11.6 Å². The maximum atomic E-state index is 13.6. The number of carbonyl (C=O) groups is 3. The lowest BCUT2D eigenvalue weighted by Crippen LogP contribution is -2.48. The minimum absolute atomic E-state index is 0.0210. The molecule has 2 amide bonds. The molecular weight excluding hydrogens is 492 g/mol. The number of carbonyl (C=O) groups excluding carboxylic acids is 2. The Morgan fingerprint density at radius 3 is 2.28 bits per heavy atom. The molecule has 0 unspecified atom stereocenters. The van der Waals surface area contributed by atoms with Crippen LogP contribution in [0.5, 0.6) is 0 Å². The standard InChI is InChI=1S/C32H40N2O5/c1-32(2,3)39-31(38)34-17-4-5-28(34)30(37)33-18-16-26-20-25(14-15-27(26)33)24-12-10-23(11-13-24)22-8-6-21(7-9-22)19-29(35)36/h10-15,20-22,28H,4-9,16-19H2,1-3H3,(H,35,36)/t21-,22-,28-/m0/s1. The second-order valence-corrected chi connectivity index (χ2v) is 12.4. The molecule has 2 heterocycles. The highest BCUT2D eigenvalue weighted by atomic mass is 16.6. The maximum absolute atomic E-state index is 13.6. The normalized spacial score (nSPS) is 23.0. The van der Waals surface area contributed by atoms with E-state index >= 15 is 0 Å². The monoisotopic (exact) mass is 532 g/mol. The van der Waals surface area contributed by atoms with Crippen LogP contribution in [0.2, 0.25) is 0 Å². The van der Waals surface area contributed by atoms with E-state index in [4.69, 9.17) is 9.84 Å². The number of benzene rings is 2. The first-order chi connectivity index (χ1) is 18.6. The number of ether oxygens (including phenoxy) is 1. The van der Waals surface area contributed by atoms with Gasteiger partial charge >= 0.3 is 12.1 Å². The van der Waals surface area contributed by atoms with Crippen LogP contribution in [0.3, 0.4) is 0 Å². The molecule has 1 atom stereocenters. The number of carboxylic acid groups (broad SMARTS) is 1. The van der Waals surface area contributed by atoms with Crippen molar-refractivity contribution in [3.05, 3.63) is 53.6 Å². The van der Waals surface area contributed by atoms with Crippen molar-refractivity contribution in [2.45, 2.75) is 89.7 Å². The van der Waals surface area contributed by atoms with Crippen LogP contribution in [0, 0.1) is 5.92 Å². The van der Waals surface area contributed by atoms with Gasteiger partial charge in [-0.25, -0.2) is 4.79 Å². The quantitative estimate of drug-likeness (QED) is 0.482.